The van der Waals surface area contributed by atoms with Gasteiger partial charge in [-0.05, 0) is 40.5 Å². The largest absolute Gasteiger partial charge is 0.465 e. The maximum absolute atomic E-state index is 13.4. The fourth-order valence-corrected chi connectivity index (χ4v) is 4.16. The van der Waals surface area contributed by atoms with E-state index in [-0.39, 0.29) is 5.56 Å². The van der Waals surface area contributed by atoms with Gasteiger partial charge in [0.2, 0.25) is 5.91 Å². The van der Waals surface area contributed by atoms with E-state index in [9.17, 15) is 27.9 Å². The summed E-state index contributed by atoms with van der Waals surface area (Å²) in [5.41, 5.74) is 1.14. The number of anilines is 1. The lowest BCUT2D eigenvalue weighted by atomic mass is 9.84. The summed E-state index contributed by atoms with van der Waals surface area (Å²) in [7, 11) is 0. The van der Waals surface area contributed by atoms with Crippen molar-refractivity contribution < 1.29 is 27.9 Å². The maximum Gasteiger partial charge on any atom is 0.418 e. The van der Waals surface area contributed by atoms with Gasteiger partial charge in [0, 0.05) is 24.0 Å². The van der Waals surface area contributed by atoms with E-state index in [4.69, 9.17) is 0 Å². The van der Waals surface area contributed by atoms with Crippen LogP contribution in [0.15, 0.2) is 103 Å². The molecule has 9 heteroatoms. The fraction of sp³-hybridized carbons (Fsp3) is 0.107. The molecule has 0 radical (unpaired) electrons. The Kier molecular flexibility index (Phi) is 7.52. The van der Waals surface area contributed by atoms with Gasteiger partial charge in [-0.3, -0.25) is 9.78 Å². The lowest BCUT2D eigenvalue weighted by molar-refractivity contribution is -0.137. The zero-order valence-electron chi connectivity index (χ0n) is 19.3. The Bertz CT molecular complexity index is 1320. The third kappa shape index (κ3) is 6.13. The molecule has 37 heavy (non-hydrogen) atoms. The number of hydrogen-bond acceptors (Lipinski definition) is 3. The number of nitrogens with zero attached hydrogens (tertiary/aromatic N) is 1. The molecule has 1 aromatic heterocycles. The Morgan fingerprint density at radius 2 is 1.38 bits per heavy atom. The Labute approximate surface area is 210 Å². The number of alkyl halides is 3. The van der Waals surface area contributed by atoms with E-state index in [1.165, 1.54) is 36.5 Å². The molecule has 0 fully saturated rings. The van der Waals surface area contributed by atoms with E-state index in [1.54, 1.807) is 24.3 Å². The molecule has 4 aromatic rings. The summed E-state index contributed by atoms with van der Waals surface area (Å²) in [6.45, 7) is 0. The zero-order valence-corrected chi connectivity index (χ0v) is 19.3. The molecule has 0 unspecified atom stereocenters. The number of rotatable bonds is 7. The normalized spacial score (nSPS) is 12.1. The average Bonchev–Trinajstić information content (AvgIpc) is 2.89. The lowest BCUT2D eigenvalue weighted by Gasteiger charge is -2.27. The Morgan fingerprint density at radius 3 is 1.89 bits per heavy atom. The second-order valence-corrected chi connectivity index (χ2v) is 8.21. The van der Waals surface area contributed by atoms with Crippen LogP contribution in [0, 0.1) is 0 Å². The van der Waals surface area contributed by atoms with Crippen molar-refractivity contribution in [2.75, 3.05) is 5.32 Å². The van der Waals surface area contributed by atoms with E-state index in [0.29, 0.717) is 11.3 Å². The van der Waals surface area contributed by atoms with Crippen LogP contribution in [0.5, 0.6) is 0 Å². The quantitative estimate of drug-likeness (QED) is 0.280. The van der Waals surface area contributed by atoms with E-state index >= 15 is 0 Å². The molecule has 0 saturated heterocycles. The van der Waals surface area contributed by atoms with E-state index in [2.05, 4.69) is 15.6 Å². The van der Waals surface area contributed by atoms with Crippen LogP contribution < -0.4 is 10.6 Å². The SMILES string of the molecule is O=C(O)N[C@H](C(=O)Nc1ccc(-c2ccncc2C(F)(F)F)cc1)C(c1ccccc1)c1ccccc1. The maximum atomic E-state index is 13.4. The number of amides is 2. The van der Waals surface area contributed by atoms with Gasteiger partial charge in [0.1, 0.15) is 6.04 Å². The molecule has 0 aliphatic rings. The van der Waals surface area contributed by atoms with Crippen LogP contribution in [0.4, 0.5) is 23.7 Å². The molecule has 2 amide bonds. The van der Waals surface area contributed by atoms with E-state index < -0.39 is 35.7 Å². The van der Waals surface area contributed by atoms with Crippen LogP contribution in [0.2, 0.25) is 0 Å². The third-order valence-electron chi connectivity index (χ3n) is 5.80. The molecule has 4 rings (SSSR count). The smallest absolute Gasteiger partial charge is 0.418 e. The van der Waals surface area contributed by atoms with Crippen LogP contribution in [-0.4, -0.2) is 28.1 Å². The van der Waals surface area contributed by atoms with Crippen molar-refractivity contribution in [3.05, 3.63) is 120 Å². The first-order chi connectivity index (χ1) is 17.7. The van der Waals surface area contributed by atoms with Crippen LogP contribution in [0.3, 0.4) is 0 Å². The number of benzene rings is 3. The number of halogens is 3. The highest BCUT2D eigenvalue weighted by molar-refractivity contribution is 5.97. The summed E-state index contributed by atoms with van der Waals surface area (Å²) in [6.07, 6.45) is -3.91. The topological polar surface area (TPSA) is 91.3 Å². The number of carbonyl (C=O) groups excluding carboxylic acids is 1. The van der Waals surface area contributed by atoms with Gasteiger partial charge in [-0.1, -0.05) is 72.8 Å². The second kappa shape index (κ2) is 10.9. The van der Waals surface area contributed by atoms with Crippen molar-refractivity contribution in [3.8, 4) is 11.1 Å². The molecule has 1 atom stereocenters. The fourth-order valence-electron chi connectivity index (χ4n) is 4.16. The molecule has 1 heterocycles. The van der Waals surface area contributed by atoms with Crippen molar-refractivity contribution in [3.63, 3.8) is 0 Å². The first-order valence-electron chi connectivity index (χ1n) is 11.3. The van der Waals surface area contributed by atoms with Gasteiger partial charge in [-0.2, -0.15) is 13.2 Å². The Hall–Kier alpha value is -4.66. The molecule has 6 nitrogen and oxygen atoms in total. The molecule has 0 bridgehead atoms. The molecule has 188 valence electrons. The number of nitrogens with one attached hydrogen (secondary N) is 2. The Balaban J connectivity index is 1.64. The number of pyridine rings is 1. The highest BCUT2D eigenvalue weighted by Gasteiger charge is 2.34. The summed E-state index contributed by atoms with van der Waals surface area (Å²) in [4.78, 5) is 28.6. The number of carboxylic acid groups (broad SMARTS) is 1. The molecule has 0 aliphatic carbocycles. The van der Waals surface area contributed by atoms with Gasteiger partial charge in [0.25, 0.3) is 0 Å². The van der Waals surface area contributed by atoms with Crippen molar-refractivity contribution in [1.82, 2.24) is 10.3 Å². The van der Waals surface area contributed by atoms with Gasteiger partial charge >= 0.3 is 12.3 Å². The van der Waals surface area contributed by atoms with E-state index in [1.807, 2.05) is 36.4 Å². The zero-order chi connectivity index (χ0) is 26.4. The standard InChI is InChI=1S/C28H22F3N3O3/c29-28(30,31)23-17-32-16-15-22(23)18-11-13-21(14-12-18)33-26(35)25(34-27(36)37)24(19-7-3-1-4-8-19)20-9-5-2-6-10-20/h1-17,24-25,34H,(H,33,35)(H,36,37)/t25-/m0/s1. The van der Waals surface area contributed by atoms with Crippen molar-refractivity contribution >= 4 is 17.7 Å². The predicted molar refractivity (Wildman–Crippen MR) is 133 cm³/mol. The molecule has 0 aliphatic heterocycles. The van der Waals surface area contributed by atoms with Gasteiger partial charge in [-0.25, -0.2) is 4.79 Å². The lowest BCUT2D eigenvalue weighted by Crippen LogP contribution is -2.47. The number of carbonyl (C=O) groups is 2. The first kappa shape index (κ1) is 25.4. The summed E-state index contributed by atoms with van der Waals surface area (Å²) >= 11 is 0. The summed E-state index contributed by atoms with van der Waals surface area (Å²) < 4.78 is 40.1. The highest BCUT2D eigenvalue weighted by Crippen LogP contribution is 2.36. The van der Waals surface area contributed by atoms with Crippen LogP contribution in [0.1, 0.15) is 22.6 Å². The minimum absolute atomic E-state index is 0.0426. The van der Waals surface area contributed by atoms with Gasteiger partial charge < -0.3 is 15.7 Å². The van der Waals surface area contributed by atoms with Crippen molar-refractivity contribution in [2.24, 2.45) is 0 Å². The first-order valence-corrected chi connectivity index (χ1v) is 11.3. The minimum atomic E-state index is -4.57. The van der Waals surface area contributed by atoms with Crippen LogP contribution >= 0.6 is 0 Å². The van der Waals surface area contributed by atoms with Crippen LogP contribution in [-0.2, 0) is 11.0 Å². The number of hydrogen-bond donors (Lipinski definition) is 3. The van der Waals surface area contributed by atoms with Gasteiger partial charge in [0.05, 0.1) is 5.56 Å². The molecule has 3 N–H and O–H groups in total. The summed E-state index contributed by atoms with van der Waals surface area (Å²) in [5, 5.41) is 14.5. The van der Waals surface area contributed by atoms with Crippen molar-refractivity contribution in [2.45, 2.75) is 18.1 Å². The molecule has 0 spiro atoms. The average molecular weight is 505 g/mol. The highest BCUT2D eigenvalue weighted by atomic mass is 19.4. The molecule has 0 saturated carbocycles. The van der Waals surface area contributed by atoms with Crippen molar-refractivity contribution in [1.29, 1.82) is 0 Å². The summed E-state index contributed by atoms with van der Waals surface area (Å²) in [6, 6.07) is 24.0. The monoisotopic (exact) mass is 505 g/mol. The number of aromatic nitrogens is 1. The molecular formula is C28H22F3N3O3. The Morgan fingerprint density at radius 1 is 0.811 bits per heavy atom. The van der Waals surface area contributed by atoms with Gasteiger partial charge in [-0.15, -0.1) is 0 Å². The molecule has 3 aromatic carbocycles. The summed E-state index contributed by atoms with van der Waals surface area (Å²) in [5.74, 6) is -1.25. The van der Waals surface area contributed by atoms with E-state index in [0.717, 1.165) is 17.3 Å². The minimum Gasteiger partial charge on any atom is -0.465 e. The third-order valence-corrected chi connectivity index (χ3v) is 5.80. The second-order valence-electron chi connectivity index (χ2n) is 8.21. The van der Waals surface area contributed by atoms with Gasteiger partial charge in [0.15, 0.2) is 0 Å². The van der Waals surface area contributed by atoms with Crippen LogP contribution in [0.25, 0.3) is 11.1 Å². The molecular weight excluding hydrogens is 483 g/mol. The predicted octanol–water partition coefficient (Wildman–Crippen LogP) is 6.17.